The van der Waals surface area contributed by atoms with Crippen LogP contribution in [-0.4, -0.2) is 36.3 Å². The average Bonchev–Trinajstić information content (AvgIpc) is 3.35. The highest BCUT2D eigenvalue weighted by molar-refractivity contribution is 6.06. The largest absolute Gasteiger partial charge is 0.493 e. The second-order valence-corrected chi connectivity index (χ2v) is 7.48. The van der Waals surface area contributed by atoms with E-state index in [4.69, 9.17) is 9.47 Å². The highest BCUT2D eigenvalue weighted by Crippen LogP contribution is 2.52. The molecule has 2 amide bonds. The number of fused-ring (bicyclic) bond motifs is 5. The molecule has 2 aliphatic carbocycles. The molecule has 0 spiro atoms. The van der Waals surface area contributed by atoms with Crippen molar-refractivity contribution in [3.8, 4) is 11.5 Å². The van der Waals surface area contributed by atoms with Gasteiger partial charge in [0.2, 0.25) is 0 Å². The minimum Gasteiger partial charge on any atom is -0.493 e. The van der Waals surface area contributed by atoms with E-state index in [1.807, 2.05) is 19.1 Å². The molecule has 2 bridgehead atoms. The molecule has 6 nitrogen and oxygen atoms in total. The number of nitrogens with zero attached hydrogens (tertiary/aromatic N) is 2. The van der Waals surface area contributed by atoms with E-state index in [1.165, 1.54) is 6.21 Å². The first-order valence-corrected chi connectivity index (χ1v) is 9.48. The monoisotopic (exact) mass is 368 g/mol. The van der Waals surface area contributed by atoms with Gasteiger partial charge in [0.15, 0.2) is 11.5 Å². The number of benzene rings is 1. The lowest BCUT2D eigenvalue weighted by molar-refractivity contribution is -0.140. The van der Waals surface area contributed by atoms with E-state index >= 15 is 0 Å². The van der Waals surface area contributed by atoms with Crippen molar-refractivity contribution in [1.29, 1.82) is 0 Å². The lowest BCUT2D eigenvalue weighted by Crippen LogP contribution is -2.28. The van der Waals surface area contributed by atoms with Crippen molar-refractivity contribution in [3.05, 3.63) is 35.9 Å². The predicted molar refractivity (Wildman–Crippen MR) is 101 cm³/mol. The SMILES string of the molecule is CC[C@@H](C)Oc1ccc(C=NN2C(=O)[C@@H]3[C@H](C2=O)[C@H]2C=C[C@H]3C2)cc1OC. The molecule has 0 N–H and O–H groups in total. The van der Waals surface area contributed by atoms with Gasteiger partial charge >= 0.3 is 0 Å². The maximum Gasteiger partial charge on any atom is 0.254 e. The molecule has 1 aliphatic heterocycles. The second-order valence-electron chi connectivity index (χ2n) is 7.48. The third-order valence-electron chi connectivity index (χ3n) is 5.86. The molecular formula is C21H24N2O4. The number of hydrazone groups is 1. The quantitative estimate of drug-likeness (QED) is 0.440. The number of allylic oxidation sites excluding steroid dienone is 2. The zero-order chi connectivity index (χ0) is 19.1. The molecule has 1 aromatic carbocycles. The summed E-state index contributed by atoms with van der Waals surface area (Å²) in [6.07, 6.45) is 7.57. The average molecular weight is 368 g/mol. The first kappa shape index (κ1) is 17.8. The Hall–Kier alpha value is -2.63. The van der Waals surface area contributed by atoms with Crippen LogP contribution in [0.2, 0.25) is 0 Å². The zero-order valence-electron chi connectivity index (χ0n) is 15.8. The van der Waals surface area contributed by atoms with Crippen molar-refractivity contribution in [3.63, 3.8) is 0 Å². The van der Waals surface area contributed by atoms with Crippen LogP contribution < -0.4 is 9.47 Å². The minimum atomic E-state index is -0.231. The summed E-state index contributed by atoms with van der Waals surface area (Å²) in [5.41, 5.74) is 0.738. The summed E-state index contributed by atoms with van der Waals surface area (Å²) in [5, 5.41) is 5.26. The van der Waals surface area contributed by atoms with E-state index < -0.39 is 0 Å². The summed E-state index contributed by atoms with van der Waals surface area (Å²) in [7, 11) is 1.58. The van der Waals surface area contributed by atoms with Gasteiger partial charge in [0.05, 0.1) is 31.3 Å². The van der Waals surface area contributed by atoms with Crippen LogP contribution in [-0.2, 0) is 9.59 Å². The van der Waals surface area contributed by atoms with Gasteiger partial charge in [-0.2, -0.15) is 10.1 Å². The Balaban J connectivity index is 1.52. The van der Waals surface area contributed by atoms with Crippen molar-refractivity contribution in [1.82, 2.24) is 5.01 Å². The normalized spacial score (nSPS) is 29.7. The van der Waals surface area contributed by atoms with E-state index in [1.54, 1.807) is 13.2 Å². The Morgan fingerprint density at radius 1 is 1.19 bits per heavy atom. The fraction of sp³-hybridized carbons (Fsp3) is 0.476. The summed E-state index contributed by atoms with van der Waals surface area (Å²) in [6, 6.07) is 5.44. The summed E-state index contributed by atoms with van der Waals surface area (Å²) in [6.45, 7) is 4.05. The van der Waals surface area contributed by atoms with Crippen molar-refractivity contribution in [2.45, 2.75) is 32.8 Å². The molecule has 1 aromatic rings. The van der Waals surface area contributed by atoms with Crippen LogP contribution in [0.5, 0.6) is 11.5 Å². The third kappa shape index (κ3) is 2.93. The maximum atomic E-state index is 12.7. The van der Waals surface area contributed by atoms with Gasteiger partial charge in [-0.25, -0.2) is 0 Å². The number of carbonyl (C=O) groups is 2. The van der Waals surface area contributed by atoms with Crippen LogP contribution in [0.4, 0.5) is 0 Å². The summed E-state index contributed by atoms with van der Waals surface area (Å²) < 4.78 is 11.2. The molecule has 0 unspecified atom stereocenters. The molecule has 0 radical (unpaired) electrons. The number of methoxy groups -OCH3 is 1. The number of ether oxygens (including phenoxy) is 2. The molecule has 5 atom stereocenters. The van der Waals surface area contributed by atoms with Gasteiger partial charge in [-0.1, -0.05) is 19.1 Å². The van der Waals surface area contributed by atoms with Gasteiger partial charge < -0.3 is 9.47 Å². The highest BCUT2D eigenvalue weighted by atomic mass is 16.5. The maximum absolute atomic E-state index is 12.7. The molecule has 3 aliphatic rings. The van der Waals surface area contributed by atoms with Gasteiger partial charge in [-0.15, -0.1) is 0 Å². The third-order valence-corrected chi connectivity index (χ3v) is 5.86. The van der Waals surface area contributed by atoms with E-state index in [2.05, 4.69) is 24.2 Å². The number of amides is 2. The van der Waals surface area contributed by atoms with Gasteiger partial charge in [0.1, 0.15) is 0 Å². The molecule has 142 valence electrons. The predicted octanol–water partition coefficient (Wildman–Crippen LogP) is 3.01. The molecule has 1 saturated carbocycles. The van der Waals surface area contributed by atoms with Crippen molar-refractivity contribution in [2.75, 3.05) is 7.11 Å². The molecule has 4 rings (SSSR count). The first-order chi connectivity index (χ1) is 13.0. The fourth-order valence-electron chi connectivity index (χ4n) is 4.29. The van der Waals surface area contributed by atoms with E-state index in [0.717, 1.165) is 23.4 Å². The highest BCUT2D eigenvalue weighted by Gasteiger charge is 2.59. The van der Waals surface area contributed by atoms with Crippen LogP contribution in [0.3, 0.4) is 0 Å². The van der Waals surface area contributed by atoms with Gasteiger partial charge in [-0.05, 0) is 55.4 Å². The van der Waals surface area contributed by atoms with Gasteiger partial charge in [0.25, 0.3) is 11.8 Å². The van der Waals surface area contributed by atoms with Crippen LogP contribution in [0, 0.1) is 23.7 Å². The molecule has 1 saturated heterocycles. The van der Waals surface area contributed by atoms with Crippen LogP contribution in [0.25, 0.3) is 0 Å². The number of imide groups is 1. The van der Waals surface area contributed by atoms with Crippen LogP contribution in [0.15, 0.2) is 35.5 Å². The number of carbonyl (C=O) groups excluding carboxylic acids is 2. The van der Waals surface area contributed by atoms with Gasteiger partial charge in [0, 0.05) is 0 Å². The standard InChI is InChI=1S/C21H24N2O4/c1-4-12(2)27-16-8-5-13(9-17(16)26-3)11-22-23-20(24)18-14-6-7-15(10-14)19(18)21(23)25/h5-9,11-12,14-15,18-19H,4,10H2,1-3H3/t12-,14+,15+,18-,19+/m1/s1. The number of rotatable bonds is 6. The van der Waals surface area contributed by atoms with E-state index in [-0.39, 0.29) is 41.6 Å². The van der Waals surface area contributed by atoms with Crippen molar-refractivity contribution < 1.29 is 19.1 Å². The molecular weight excluding hydrogens is 344 g/mol. The zero-order valence-corrected chi connectivity index (χ0v) is 15.8. The summed E-state index contributed by atoms with van der Waals surface area (Å²) >= 11 is 0. The van der Waals surface area contributed by atoms with Crippen molar-refractivity contribution in [2.24, 2.45) is 28.8 Å². The fourth-order valence-corrected chi connectivity index (χ4v) is 4.29. The van der Waals surface area contributed by atoms with E-state index in [9.17, 15) is 9.59 Å². The minimum absolute atomic E-state index is 0.0849. The number of hydrogen-bond acceptors (Lipinski definition) is 5. The Kier molecular flexibility index (Phi) is 4.50. The Bertz CT molecular complexity index is 801. The summed E-state index contributed by atoms with van der Waals surface area (Å²) in [5.74, 6) is 0.814. The lowest BCUT2D eigenvalue weighted by Gasteiger charge is -2.16. The van der Waals surface area contributed by atoms with Crippen LogP contribution >= 0.6 is 0 Å². The lowest BCUT2D eigenvalue weighted by atomic mass is 9.85. The smallest absolute Gasteiger partial charge is 0.254 e. The second kappa shape index (κ2) is 6.83. The topological polar surface area (TPSA) is 68.2 Å². The van der Waals surface area contributed by atoms with E-state index in [0.29, 0.717) is 11.5 Å². The molecule has 2 fully saturated rings. The summed E-state index contributed by atoms with van der Waals surface area (Å²) in [4.78, 5) is 25.3. The number of hydrogen-bond donors (Lipinski definition) is 0. The Morgan fingerprint density at radius 3 is 2.44 bits per heavy atom. The Labute approximate surface area is 158 Å². The van der Waals surface area contributed by atoms with Crippen LogP contribution in [0.1, 0.15) is 32.3 Å². The first-order valence-electron chi connectivity index (χ1n) is 9.48. The van der Waals surface area contributed by atoms with Gasteiger partial charge in [-0.3, -0.25) is 9.59 Å². The Morgan fingerprint density at radius 2 is 1.85 bits per heavy atom. The molecule has 1 heterocycles. The molecule has 27 heavy (non-hydrogen) atoms. The van der Waals surface area contributed by atoms with Crippen molar-refractivity contribution >= 4 is 18.0 Å². The molecule has 0 aromatic heterocycles. The molecule has 6 heteroatoms.